The van der Waals surface area contributed by atoms with Crippen molar-refractivity contribution >= 4 is 11.3 Å². The molecule has 0 saturated heterocycles. The molecule has 0 unspecified atom stereocenters. The van der Waals surface area contributed by atoms with Gasteiger partial charge in [-0.15, -0.1) is 11.3 Å². The SMILES string of the molecule is COc1ccccc1-c1csc(-c2ccncc2)n1. The zero-order valence-corrected chi connectivity index (χ0v) is 11.2. The average molecular weight is 268 g/mol. The van der Waals surface area contributed by atoms with Gasteiger partial charge in [-0.1, -0.05) is 12.1 Å². The van der Waals surface area contributed by atoms with Crippen molar-refractivity contribution in [2.24, 2.45) is 0 Å². The van der Waals surface area contributed by atoms with E-state index in [0.717, 1.165) is 27.6 Å². The Morgan fingerprint density at radius 3 is 2.63 bits per heavy atom. The molecule has 2 heterocycles. The molecule has 0 aliphatic rings. The Hall–Kier alpha value is -2.20. The number of rotatable bonds is 3. The lowest BCUT2D eigenvalue weighted by atomic mass is 10.1. The molecule has 0 aliphatic heterocycles. The maximum atomic E-state index is 5.37. The summed E-state index contributed by atoms with van der Waals surface area (Å²) in [6.07, 6.45) is 3.55. The van der Waals surface area contributed by atoms with Gasteiger partial charge in [-0.25, -0.2) is 4.98 Å². The van der Waals surface area contributed by atoms with Gasteiger partial charge in [0.25, 0.3) is 0 Å². The zero-order chi connectivity index (χ0) is 13.1. The molecule has 0 spiro atoms. The lowest BCUT2D eigenvalue weighted by Crippen LogP contribution is -1.87. The molecule has 4 heteroatoms. The summed E-state index contributed by atoms with van der Waals surface area (Å²) in [6.45, 7) is 0. The van der Waals surface area contributed by atoms with Crippen LogP contribution >= 0.6 is 11.3 Å². The highest BCUT2D eigenvalue weighted by molar-refractivity contribution is 7.13. The van der Waals surface area contributed by atoms with Crippen molar-refractivity contribution in [1.82, 2.24) is 9.97 Å². The van der Waals surface area contributed by atoms with Crippen LogP contribution in [0.5, 0.6) is 5.75 Å². The minimum atomic E-state index is 0.842. The van der Waals surface area contributed by atoms with Gasteiger partial charge in [0.05, 0.1) is 12.8 Å². The number of hydrogen-bond donors (Lipinski definition) is 0. The van der Waals surface area contributed by atoms with E-state index in [2.05, 4.69) is 9.97 Å². The van der Waals surface area contributed by atoms with Gasteiger partial charge in [0.2, 0.25) is 0 Å². The molecule has 0 bridgehead atoms. The highest BCUT2D eigenvalue weighted by Crippen LogP contribution is 2.33. The van der Waals surface area contributed by atoms with Crippen LogP contribution in [0.1, 0.15) is 0 Å². The lowest BCUT2D eigenvalue weighted by Gasteiger charge is -2.04. The molecule has 2 aromatic heterocycles. The first-order chi connectivity index (χ1) is 9.38. The number of pyridine rings is 1. The predicted octanol–water partition coefficient (Wildman–Crippen LogP) is 3.88. The van der Waals surface area contributed by atoms with Gasteiger partial charge in [0.15, 0.2) is 0 Å². The maximum Gasteiger partial charge on any atom is 0.128 e. The average Bonchev–Trinajstić information content (AvgIpc) is 2.98. The van der Waals surface area contributed by atoms with Crippen LogP contribution in [-0.4, -0.2) is 17.1 Å². The van der Waals surface area contributed by atoms with Crippen molar-refractivity contribution < 1.29 is 4.74 Å². The second-order valence-electron chi connectivity index (χ2n) is 3.97. The van der Waals surface area contributed by atoms with E-state index in [-0.39, 0.29) is 0 Å². The van der Waals surface area contributed by atoms with E-state index < -0.39 is 0 Å². The summed E-state index contributed by atoms with van der Waals surface area (Å²) in [7, 11) is 1.68. The summed E-state index contributed by atoms with van der Waals surface area (Å²) in [5.74, 6) is 0.842. The molecule has 19 heavy (non-hydrogen) atoms. The molecular weight excluding hydrogens is 256 g/mol. The Balaban J connectivity index is 2.02. The van der Waals surface area contributed by atoms with Crippen molar-refractivity contribution in [3.63, 3.8) is 0 Å². The summed E-state index contributed by atoms with van der Waals surface area (Å²) < 4.78 is 5.37. The number of methoxy groups -OCH3 is 1. The molecule has 0 amide bonds. The fraction of sp³-hybridized carbons (Fsp3) is 0.0667. The van der Waals surface area contributed by atoms with Crippen molar-refractivity contribution in [2.45, 2.75) is 0 Å². The molecule has 3 rings (SSSR count). The van der Waals surface area contributed by atoms with E-state index in [1.54, 1.807) is 30.8 Å². The Morgan fingerprint density at radius 2 is 1.84 bits per heavy atom. The minimum Gasteiger partial charge on any atom is -0.496 e. The second kappa shape index (κ2) is 5.20. The van der Waals surface area contributed by atoms with Crippen LogP contribution in [0.4, 0.5) is 0 Å². The Bertz CT molecular complexity index is 679. The van der Waals surface area contributed by atoms with E-state index in [1.807, 2.05) is 41.8 Å². The van der Waals surface area contributed by atoms with Crippen LogP contribution in [0.3, 0.4) is 0 Å². The second-order valence-corrected chi connectivity index (χ2v) is 4.83. The van der Waals surface area contributed by atoms with Gasteiger partial charge in [-0.3, -0.25) is 4.98 Å². The highest BCUT2D eigenvalue weighted by atomic mass is 32.1. The van der Waals surface area contributed by atoms with Crippen LogP contribution in [-0.2, 0) is 0 Å². The minimum absolute atomic E-state index is 0.842. The fourth-order valence-corrected chi connectivity index (χ4v) is 2.71. The van der Waals surface area contributed by atoms with Crippen LogP contribution < -0.4 is 4.74 Å². The molecule has 0 radical (unpaired) electrons. The molecule has 3 nitrogen and oxygen atoms in total. The van der Waals surface area contributed by atoms with E-state index in [1.165, 1.54) is 0 Å². The monoisotopic (exact) mass is 268 g/mol. The number of aromatic nitrogens is 2. The van der Waals surface area contributed by atoms with Crippen LogP contribution in [0.25, 0.3) is 21.8 Å². The van der Waals surface area contributed by atoms with Gasteiger partial charge in [-0.2, -0.15) is 0 Å². The van der Waals surface area contributed by atoms with Crippen molar-refractivity contribution in [2.75, 3.05) is 7.11 Å². The first kappa shape index (κ1) is 11.9. The van der Waals surface area contributed by atoms with E-state index in [0.29, 0.717) is 0 Å². The Labute approximate surface area is 115 Å². The number of hydrogen-bond acceptors (Lipinski definition) is 4. The third-order valence-electron chi connectivity index (χ3n) is 2.81. The largest absolute Gasteiger partial charge is 0.496 e. The molecule has 94 valence electrons. The standard InChI is InChI=1S/C15H12N2OS/c1-18-14-5-3-2-4-12(14)13-10-19-15(17-13)11-6-8-16-9-7-11/h2-10H,1H3. The van der Waals surface area contributed by atoms with Crippen molar-refractivity contribution in [1.29, 1.82) is 0 Å². The Morgan fingerprint density at radius 1 is 1.05 bits per heavy atom. The van der Waals surface area contributed by atoms with Crippen molar-refractivity contribution in [3.05, 3.63) is 54.2 Å². The number of para-hydroxylation sites is 1. The third kappa shape index (κ3) is 2.35. The molecular formula is C15H12N2OS. The molecule has 0 atom stereocenters. The van der Waals surface area contributed by atoms with Crippen LogP contribution in [0, 0.1) is 0 Å². The van der Waals surface area contributed by atoms with Gasteiger partial charge in [-0.05, 0) is 24.3 Å². The fourth-order valence-electron chi connectivity index (χ4n) is 1.88. The number of thiazole rings is 1. The summed E-state index contributed by atoms with van der Waals surface area (Å²) in [6, 6.07) is 11.8. The van der Waals surface area contributed by atoms with E-state index in [4.69, 9.17) is 4.74 Å². The molecule has 0 saturated carbocycles. The summed E-state index contributed by atoms with van der Waals surface area (Å²) >= 11 is 1.62. The first-order valence-electron chi connectivity index (χ1n) is 5.88. The molecule has 0 fully saturated rings. The third-order valence-corrected chi connectivity index (χ3v) is 3.71. The number of benzene rings is 1. The van der Waals surface area contributed by atoms with E-state index >= 15 is 0 Å². The summed E-state index contributed by atoms with van der Waals surface area (Å²) in [5.41, 5.74) is 3.04. The van der Waals surface area contributed by atoms with Gasteiger partial charge in [0, 0.05) is 28.9 Å². The molecule has 0 aliphatic carbocycles. The summed E-state index contributed by atoms with van der Waals surface area (Å²) in [5, 5.41) is 3.04. The smallest absolute Gasteiger partial charge is 0.128 e. The Kier molecular flexibility index (Phi) is 3.25. The van der Waals surface area contributed by atoms with Crippen molar-refractivity contribution in [3.8, 4) is 27.6 Å². The predicted molar refractivity (Wildman–Crippen MR) is 77.3 cm³/mol. The van der Waals surface area contributed by atoms with Gasteiger partial charge < -0.3 is 4.74 Å². The summed E-state index contributed by atoms with van der Waals surface area (Å²) in [4.78, 5) is 8.69. The lowest BCUT2D eigenvalue weighted by molar-refractivity contribution is 0.416. The van der Waals surface area contributed by atoms with Gasteiger partial charge in [0.1, 0.15) is 10.8 Å². The number of nitrogens with zero attached hydrogens (tertiary/aromatic N) is 2. The molecule has 3 aromatic rings. The first-order valence-corrected chi connectivity index (χ1v) is 6.76. The molecule has 1 aromatic carbocycles. The number of ether oxygens (including phenoxy) is 1. The topological polar surface area (TPSA) is 35.0 Å². The maximum absolute atomic E-state index is 5.37. The van der Waals surface area contributed by atoms with Crippen LogP contribution in [0.2, 0.25) is 0 Å². The zero-order valence-electron chi connectivity index (χ0n) is 10.4. The van der Waals surface area contributed by atoms with Gasteiger partial charge >= 0.3 is 0 Å². The van der Waals surface area contributed by atoms with E-state index in [9.17, 15) is 0 Å². The van der Waals surface area contributed by atoms with Crippen LogP contribution in [0.15, 0.2) is 54.2 Å². The molecule has 0 N–H and O–H groups in total. The highest BCUT2D eigenvalue weighted by Gasteiger charge is 2.10. The quantitative estimate of drug-likeness (QED) is 0.723. The normalized spacial score (nSPS) is 10.4.